The van der Waals surface area contributed by atoms with Crippen molar-refractivity contribution < 1.29 is 33.1 Å². The van der Waals surface area contributed by atoms with E-state index < -0.39 is 43.4 Å². The van der Waals surface area contributed by atoms with Crippen molar-refractivity contribution in [1.82, 2.24) is 15.0 Å². The lowest BCUT2D eigenvalue weighted by Crippen LogP contribution is -2.65. The normalized spacial score (nSPS) is 22.2. The Bertz CT molecular complexity index is 2160. The second kappa shape index (κ2) is 14.3. The third-order valence-corrected chi connectivity index (χ3v) is 16.8. The lowest BCUT2D eigenvalue weighted by Gasteiger charge is -2.55. The highest BCUT2D eigenvalue weighted by Gasteiger charge is 2.67. The molecule has 7 rings (SSSR count). The number of hydrogen-bond donors (Lipinski definition) is 1. The second-order valence-electron chi connectivity index (χ2n) is 16.7. The van der Waals surface area contributed by atoms with Crippen LogP contribution in [-0.2, 0) is 24.1 Å². The smallest absolute Gasteiger partial charge is 0.265 e. The van der Waals surface area contributed by atoms with Crippen LogP contribution in [0.1, 0.15) is 76.4 Å². The van der Waals surface area contributed by atoms with E-state index in [4.69, 9.17) is 23.4 Å². The number of aliphatic hydroxyl groups is 1. The highest BCUT2D eigenvalue weighted by molar-refractivity contribution is 9.10. The molecule has 3 aliphatic carbocycles. The number of ether oxygens (including phenoxy) is 2. The summed E-state index contributed by atoms with van der Waals surface area (Å²) in [6, 6.07) is 18.7. The quantitative estimate of drug-likeness (QED) is 0.122. The number of carbonyl (C=O) groups is 2. The molecule has 13 heteroatoms. The van der Waals surface area contributed by atoms with Crippen molar-refractivity contribution in [2.75, 3.05) is 33.1 Å². The van der Waals surface area contributed by atoms with Gasteiger partial charge < -0.3 is 28.4 Å². The molecule has 1 N–H and O–H groups in total. The third-order valence-electron chi connectivity index (χ3n) is 11.7. The summed E-state index contributed by atoms with van der Waals surface area (Å²) in [5.41, 5.74) is 1.16. The second-order valence-corrected chi connectivity index (χ2v) is 22.2. The van der Waals surface area contributed by atoms with E-state index in [0.717, 1.165) is 11.1 Å². The molecule has 0 saturated heterocycles. The SMILES string of the molecule is CN(C)c1nc(Br)c2c(c1OCc1ccccc1)C(=O)C1=C(O)[C@]3(O[Si](C)(C)C(C)(C)C)C(=O)c4c(OCc5ccccc5)noc4[C@@H](N(C)C)[C@@H]3C[C@@H]1C2. The molecule has 0 saturated carbocycles. The number of halogens is 1. The average Bonchev–Trinajstić information content (AvgIpc) is 3.55. The number of carbonyl (C=O) groups excluding carboxylic acids is 2. The minimum atomic E-state index is -2.88. The molecular weight excluding hydrogens is 780 g/mol. The Morgan fingerprint density at radius 2 is 1.55 bits per heavy atom. The topological polar surface area (TPSA) is 127 Å². The maximum atomic E-state index is 15.5. The van der Waals surface area contributed by atoms with Crippen molar-refractivity contribution in [3.63, 3.8) is 0 Å². The standard InChI is InChI=1S/C42H49BrN4O7Si/c1-41(2,3)55(8,9)54-42-28(32(46(4)5)34-31(37(42)50)40(45-53-34)52-23-25-18-14-11-15-19-25)21-26-20-27-30(33(48)29(26)36(42)49)35(39(47(6)7)44-38(27)43)51-22-24-16-12-10-13-17-24/h10-19,26,28,32,49H,20-23H2,1-9H3/t26-,28-,32-,42-/m0/s1. The molecule has 290 valence electrons. The number of allylic oxidation sites excluding steroid dienone is 1. The first kappa shape index (κ1) is 39.0. The van der Waals surface area contributed by atoms with Crippen molar-refractivity contribution in [1.29, 1.82) is 0 Å². The predicted octanol–water partition coefficient (Wildman–Crippen LogP) is 8.50. The van der Waals surface area contributed by atoms with Crippen LogP contribution in [0.15, 0.2) is 81.1 Å². The summed E-state index contributed by atoms with van der Waals surface area (Å²) in [4.78, 5) is 39.4. The average molecular weight is 830 g/mol. The zero-order chi connectivity index (χ0) is 39.6. The van der Waals surface area contributed by atoms with Crippen LogP contribution in [0.2, 0.25) is 18.1 Å². The van der Waals surface area contributed by atoms with E-state index in [2.05, 4.69) is 55.0 Å². The molecule has 2 aromatic carbocycles. The van der Waals surface area contributed by atoms with Crippen LogP contribution < -0.4 is 14.4 Å². The molecular formula is C42H49BrN4O7Si. The molecule has 2 heterocycles. The van der Waals surface area contributed by atoms with Gasteiger partial charge in [0.25, 0.3) is 5.88 Å². The maximum Gasteiger partial charge on any atom is 0.265 e. The molecule has 55 heavy (non-hydrogen) atoms. The van der Waals surface area contributed by atoms with Gasteiger partial charge in [0.15, 0.2) is 37.0 Å². The molecule has 0 amide bonds. The first-order valence-corrected chi connectivity index (χ1v) is 22.3. The molecule has 11 nitrogen and oxygen atoms in total. The Morgan fingerprint density at radius 3 is 2.11 bits per heavy atom. The summed E-state index contributed by atoms with van der Waals surface area (Å²) in [6.07, 6.45) is 0.718. The molecule has 0 aliphatic heterocycles. The summed E-state index contributed by atoms with van der Waals surface area (Å²) in [5.74, 6) is -1.24. The number of aliphatic hydroxyl groups excluding tert-OH is 1. The molecule has 0 fully saturated rings. The predicted molar refractivity (Wildman–Crippen MR) is 215 cm³/mol. The van der Waals surface area contributed by atoms with Crippen LogP contribution in [0.5, 0.6) is 11.6 Å². The van der Waals surface area contributed by atoms with E-state index in [-0.39, 0.29) is 41.0 Å². The highest BCUT2D eigenvalue weighted by Crippen LogP contribution is 2.60. The van der Waals surface area contributed by atoms with Crippen LogP contribution in [0.25, 0.3) is 0 Å². The largest absolute Gasteiger partial charge is 0.508 e. The summed E-state index contributed by atoms with van der Waals surface area (Å²) in [7, 11) is 4.62. The molecule has 0 spiro atoms. The number of hydrogen-bond acceptors (Lipinski definition) is 11. The van der Waals surface area contributed by atoms with Crippen molar-refractivity contribution in [2.45, 2.75) is 76.6 Å². The first-order valence-electron chi connectivity index (χ1n) is 18.6. The van der Waals surface area contributed by atoms with Crippen LogP contribution in [-0.4, -0.2) is 73.8 Å². The lowest BCUT2D eigenvalue weighted by molar-refractivity contribution is -0.0480. The van der Waals surface area contributed by atoms with Crippen molar-refractivity contribution in [2.24, 2.45) is 11.8 Å². The number of pyridine rings is 1. The molecule has 4 atom stereocenters. The number of anilines is 1. The molecule has 0 unspecified atom stereocenters. The summed E-state index contributed by atoms with van der Waals surface area (Å²) >= 11 is 3.69. The third kappa shape index (κ3) is 6.52. The number of fused-ring (bicyclic) bond motifs is 4. The molecule has 0 radical (unpaired) electrons. The van der Waals surface area contributed by atoms with Gasteiger partial charge in [-0.15, -0.1) is 0 Å². The minimum Gasteiger partial charge on any atom is -0.508 e. The van der Waals surface area contributed by atoms with E-state index in [0.29, 0.717) is 45.9 Å². The van der Waals surface area contributed by atoms with Crippen molar-refractivity contribution in [3.05, 3.63) is 110 Å². The number of nitrogens with zero attached hydrogens (tertiary/aromatic N) is 4. The Kier molecular flexibility index (Phi) is 10.1. The molecule has 3 aliphatic rings. The van der Waals surface area contributed by atoms with Crippen LogP contribution in [0.4, 0.5) is 5.82 Å². The highest BCUT2D eigenvalue weighted by atomic mass is 79.9. The van der Waals surface area contributed by atoms with Gasteiger partial charge in [-0.3, -0.25) is 14.5 Å². The van der Waals surface area contributed by atoms with Gasteiger partial charge in [0.2, 0.25) is 5.78 Å². The van der Waals surface area contributed by atoms with E-state index in [1.807, 2.05) is 93.8 Å². The number of Topliss-reactive ketones (excluding diaryl/α,β-unsaturated/α-hetero) is 2. The van der Waals surface area contributed by atoms with Crippen molar-refractivity contribution in [3.8, 4) is 11.6 Å². The van der Waals surface area contributed by atoms with E-state index in [1.165, 1.54) is 0 Å². The van der Waals surface area contributed by atoms with E-state index in [1.54, 1.807) is 4.90 Å². The van der Waals surface area contributed by atoms with Crippen LogP contribution in [0.3, 0.4) is 0 Å². The summed E-state index contributed by atoms with van der Waals surface area (Å²) in [5, 5.41) is 16.9. The van der Waals surface area contributed by atoms with Gasteiger partial charge in [0.05, 0.1) is 11.6 Å². The maximum absolute atomic E-state index is 15.5. The van der Waals surface area contributed by atoms with Crippen molar-refractivity contribution >= 4 is 41.6 Å². The molecule has 0 bridgehead atoms. The van der Waals surface area contributed by atoms with Gasteiger partial charge in [0, 0.05) is 31.1 Å². The monoisotopic (exact) mass is 828 g/mol. The fraction of sp³-hybridized carbons (Fsp3) is 0.429. The van der Waals surface area contributed by atoms with Gasteiger partial charge in [-0.25, -0.2) is 4.98 Å². The van der Waals surface area contributed by atoms with Gasteiger partial charge >= 0.3 is 0 Å². The fourth-order valence-electron chi connectivity index (χ4n) is 8.02. The van der Waals surface area contributed by atoms with Gasteiger partial charge in [0.1, 0.15) is 29.1 Å². The summed E-state index contributed by atoms with van der Waals surface area (Å²) in [6.45, 7) is 10.7. The molecule has 2 aromatic heterocycles. The Labute approximate surface area is 331 Å². The Hall–Kier alpha value is -4.30. The Balaban J connectivity index is 1.43. The van der Waals surface area contributed by atoms with Gasteiger partial charge in [-0.1, -0.05) is 81.4 Å². The Morgan fingerprint density at radius 1 is 0.945 bits per heavy atom. The zero-order valence-electron chi connectivity index (χ0n) is 32.9. The zero-order valence-corrected chi connectivity index (χ0v) is 35.5. The number of ketones is 2. The van der Waals surface area contributed by atoms with Crippen LogP contribution >= 0.6 is 15.9 Å². The lowest BCUT2D eigenvalue weighted by atomic mass is 9.58. The van der Waals surface area contributed by atoms with Gasteiger partial charge in [-0.2, -0.15) is 0 Å². The van der Waals surface area contributed by atoms with E-state index in [9.17, 15) is 5.11 Å². The number of aromatic nitrogens is 2. The number of benzene rings is 2. The summed E-state index contributed by atoms with van der Waals surface area (Å²) < 4.78 is 26.5. The number of rotatable bonds is 10. The van der Waals surface area contributed by atoms with Crippen LogP contribution in [0, 0.1) is 11.8 Å². The first-order chi connectivity index (χ1) is 26.0. The van der Waals surface area contributed by atoms with E-state index >= 15 is 9.59 Å². The molecule has 4 aromatic rings. The minimum absolute atomic E-state index is 0.0230. The van der Waals surface area contributed by atoms with Gasteiger partial charge in [-0.05, 0) is 83.2 Å². The fourth-order valence-corrected chi connectivity index (χ4v) is 10.00.